The maximum absolute atomic E-state index is 3.55. The summed E-state index contributed by atoms with van der Waals surface area (Å²) in [6.45, 7) is 4.61. The van der Waals surface area contributed by atoms with E-state index in [9.17, 15) is 0 Å². The van der Waals surface area contributed by atoms with Crippen molar-refractivity contribution in [3.05, 3.63) is 58.1 Å². The summed E-state index contributed by atoms with van der Waals surface area (Å²) in [6.07, 6.45) is 0. The molecule has 0 amide bonds. The van der Waals surface area contributed by atoms with Crippen LogP contribution in [0.5, 0.6) is 0 Å². The van der Waals surface area contributed by atoms with E-state index in [1.807, 2.05) is 11.8 Å². The minimum absolute atomic E-state index is 0.0951. The van der Waals surface area contributed by atoms with E-state index in [1.54, 1.807) is 0 Å². The number of rotatable bonds is 0. The van der Waals surface area contributed by atoms with Crippen LogP contribution in [-0.4, -0.2) is 0 Å². The Morgan fingerprint density at radius 3 is 2.47 bits per heavy atom. The molecule has 0 aliphatic carbocycles. The Kier molecular flexibility index (Phi) is 2.60. The zero-order valence-corrected chi connectivity index (χ0v) is 12.2. The number of hydrogen-bond donors (Lipinski definition) is 0. The molecule has 2 aromatic rings. The molecule has 0 atom stereocenters. The van der Waals surface area contributed by atoms with Gasteiger partial charge in [0.15, 0.2) is 0 Å². The van der Waals surface area contributed by atoms with Crippen LogP contribution in [0.1, 0.15) is 25.0 Å². The van der Waals surface area contributed by atoms with Gasteiger partial charge in [-0.1, -0.05) is 65.8 Å². The summed E-state index contributed by atoms with van der Waals surface area (Å²) in [5, 5.41) is 0. The first kappa shape index (κ1) is 11.4. The summed E-state index contributed by atoms with van der Waals surface area (Å²) in [4.78, 5) is 2.74. The van der Waals surface area contributed by atoms with Gasteiger partial charge in [0, 0.05) is 19.7 Å². The predicted molar refractivity (Wildman–Crippen MR) is 76.8 cm³/mol. The molecule has 86 valence electrons. The maximum Gasteiger partial charge on any atom is 0.0186 e. The first-order valence-electron chi connectivity index (χ1n) is 5.66. The van der Waals surface area contributed by atoms with Gasteiger partial charge in [0.1, 0.15) is 0 Å². The fraction of sp³-hybridized carbons (Fsp3) is 0.200. The molecule has 2 heteroatoms. The lowest BCUT2D eigenvalue weighted by Gasteiger charge is -2.34. The Morgan fingerprint density at radius 1 is 0.941 bits per heavy atom. The topological polar surface area (TPSA) is 0 Å². The Labute approximate surface area is 115 Å². The highest BCUT2D eigenvalue weighted by Crippen LogP contribution is 2.49. The van der Waals surface area contributed by atoms with E-state index in [2.05, 4.69) is 72.2 Å². The summed E-state index contributed by atoms with van der Waals surface area (Å²) < 4.78 is 1.15. The van der Waals surface area contributed by atoms with E-state index in [0.717, 1.165) is 4.47 Å². The van der Waals surface area contributed by atoms with Gasteiger partial charge in [-0.15, -0.1) is 0 Å². The van der Waals surface area contributed by atoms with Gasteiger partial charge in [0.25, 0.3) is 0 Å². The summed E-state index contributed by atoms with van der Waals surface area (Å²) in [7, 11) is 0. The smallest absolute Gasteiger partial charge is 0.0186 e. The van der Waals surface area contributed by atoms with Gasteiger partial charge in [0.05, 0.1) is 0 Å². The Hall–Kier alpha value is -0.730. The van der Waals surface area contributed by atoms with Crippen molar-refractivity contribution in [3.8, 4) is 0 Å². The minimum Gasteiger partial charge on any atom is -0.0894 e. The molecule has 0 spiro atoms. The monoisotopic (exact) mass is 304 g/mol. The highest BCUT2D eigenvalue weighted by molar-refractivity contribution is 9.10. The van der Waals surface area contributed by atoms with Gasteiger partial charge in [-0.2, -0.15) is 0 Å². The van der Waals surface area contributed by atoms with Gasteiger partial charge in [0.2, 0.25) is 0 Å². The maximum atomic E-state index is 3.55. The van der Waals surface area contributed by atoms with Crippen LogP contribution in [0, 0.1) is 0 Å². The van der Waals surface area contributed by atoms with Crippen LogP contribution in [0.15, 0.2) is 56.7 Å². The fourth-order valence-electron chi connectivity index (χ4n) is 2.43. The van der Waals surface area contributed by atoms with E-state index < -0.39 is 0 Å². The third-order valence-corrected chi connectivity index (χ3v) is 5.02. The fourth-order valence-corrected chi connectivity index (χ4v) is 4.38. The molecular weight excluding hydrogens is 292 g/mol. The number of halogens is 1. The SMILES string of the molecule is CC1(C)c2ccccc2Sc2cc(Br)ccc21. The molecule has 1 aliphatic heterocycles. The second-order valence-corrected chi connectivity index (χ2v) is 6.86. The normalized spacial score (nSPS) is 16.2. The standard InChI is InChI=1S/C15H13BrS/c1-15(2)11-5-3-4-6-13(11)17-14-9-10(16)7-8-12(14)15/h3-9H,1-2H3. The van der Waals surface area contributed by atoms with Crippen molar-refractivity contribution in [2.45, 2.75) is 29.1 Å². The highest BCUT2D eigenvalue weighted by atomic mass is 79.9. The van der Waals surface area contributed by atoms with E-state index in [4.69, 9.17) is 0 Å². The lowest BCUT2D eigenvalue weighted by molar-refractivity contribution is 0.607. The molecule has 1 aliphatic rings. The lowest BCUT2D eigenvalue weighted by atomic mass is 9.78. The van der Waals surface area contributed by atoms with Crippen molar-refractivity contribution in [1.82, 2.24) is 0 Å². The second-order valence-electron chi connectivity index (χ2n) is 4.86. The van der Waals surface area contributed by atoms with Gasteiger partial charge < -0.3 is 0 Å². The van der Waals surface area contributed by atoms with Crippen LogP contribution in [0.4, 0.5) is 0 Å². The van der Waals surface area contributed by atoms with Crippen molar-refractivity contribution < 1.29 is 0 Å². The van der Waals surface area contributed by atoms with E-state index in [-0.39, 0.29) is 5.41 Å². The van der Waals surface area contributed by atoms with Crippen molar-refractivity contribution in [1.29, 1.82) is 0 Å². The van der Waals surface area contributed by atoms with E-state index in [0.29, 0.717) is 0 Å². The van der Waals surface area contributed by atoms with Crippen LogP contribution in [0.2, 0.25) is 0 Å². The first-order chi connectivity index (χ1) is 8.09. The van der Waals surface area contributed by atoms with Crippen LogP contribution in [0.3, 0.4) is 0 Å². The minimum atomic E-state index is 0.0951. The molecule has 17 heavy (non-hydrogen) atoms. The molecule has 2 aromatic carbocycles. The largest absolute Gasteiger partial charge is 0.0894 e. The molecule has 0 saturated carbocycles. The third-order valence-electron chi connectivity index (χ3n) is 3.40. The van der Waals surface area contributed by atoms with Gasteiger partial charge in [-0.05, 0) is 29.3 Å². The molecule has 0 N–H and O–H groups in total. The van der Waals surface area contributed by atoms with Crippen LogP contribution in [0.25, 0.3) is 0 Å². The Balaban J connectivity index is 2.26. The molecule has 1 heterocycles. The molecule has 0 aromatic heterocycles. The molecular formula is C15H13BrS. The predicted octanol–water partition coefficient (Wildman–Crippen LogP) is 5.24. The van der Waals surface area contributed by atoms with Gasteiger partial charge in [-0.25, -0.2) is 0 Å². The van der Waals surface area contributed by atoms with Crippen molar-refractivity contribution in [3.63, 3.8) is 0 Å². The summed E-state index contributed by atoms with van der Waals surface area (Å²) in [5.74, 6) is 0. The first-order valence-corrected chi connectivity index (χ1v) is 7.27. The summed E-state index contributed by atoms with van der Waals surface area (Å²) in [6, 6.07) is 15.3. The number of fused-ring (bicyclic) bond motifs is 2. The third kappa shape index (κ3) is 1.74. The van der Waals surface area contributed by atoms with Gasteiger partial charge >= 0.3 is 0 Å². The van der Waals surface area contributed by atoms with Gasteiger partial charge in [-0.3, -0.25) is 0 Å². The molecule has 0 unspecified atom stereocenters. The second kappa shape index (κ2) is 3.89. The van der Waals surface area contributed by atoms with Crippen LogP contribution in [-0.2, 0) is 5.41 Å². The van der Waals surface area contributed by atoms with E-state index in [1.165, 1.54) is 20.9 Å². The lowest BCUT2D eigenvalue weighted by Crippen LogP contribution is -2.23. The molecule has 0 bridgehead atoms. The molecule has 0 radical (unpaired) electrons. The van der Waals surface area contributed by atoms with Crippen molar-refractivity contribution in [2.24, 2.45) is 0 Å². The summed E-state index contributed by atoms with van der Waals surface area (Å²) >= 11 is 5.42. The van der Waals surface area contributed by atoms with Crippen molar-refractivity contribution >= 4 is 27.7 Å². The Morgan fingerprint density at radius 2 is 1.65 bits per heavy atom. The zero-order valence-electron chi connectivity index (χ0n) is 9.83. The number of hydrogen-bond acceptors (Lipinski definition) is 1. The molecule has 0 fully saturated rings. The average Bonchev–Trinajstić information content (AvgIpc) is 2.28. The quantitative estimate of drug-likeness (QED) is 0.641. The highest BCUT2D eigenvalue weighted by Gasteiger charge is 2.32. The van der Waals surface area contributed by atoms with E-state index >= 15 is 0 Å². The molecule has 0 saturated heterocycles. The molecule has 0 nitrogen and oxygen atoms in total. The summed E-state index contributed by atoms with van der Waals surface area (Å²) in [5.41, 5.74) is 2.95. The number of benzene rings is 2. The van der Waals surface area contributed by atoms with Crippen LogP contribution < -0.4 is 0 Å². The van der Waals surface area contributed by atoms with Crippen molar-refractivity contribution in [2.75, 3.05) is 0 Å². The molecule has 3 rings (SSSR count). The van der Waals surface area contributed by atoms with Crippen LogP contribution >= 0.6 is 27.7 Å². The average molecular weight is 305 g/mol. The Bertz CT molecular complexity index is 587. The zero-order chi connectivity index (χ0) is 12.0.